The van der Waals surface area contributed by atoms with E-state index in [2.05, 4.69) is 10.6 Å². The quantitative estimate of drug-likeness (QED) is 0.542. The van der Waals surface area contributed by atoms with Crippen LogP contribution in [0.5, 0.6) is 5.75 Å². The van der Waals surface area contributed by atoms with Crippen LogP contribution in [0.1, 0.15) is 18.9 Å². The predicted molar refractivity (Wildman–Crippen MR) is 121 cm³/mol. The van der Waals surface area contributed by atoms with Gasteiger partial charge in [0.15, 0.2) is 0 Å². The van der Waals surface area contributed by atoms with Crippen molar-refractivity contribution in [1.82, 2.24) is 14.5 Å². The summed E-state index contributed by atoms with van der Waals surface area (Å²) in [4.78, 5) is 39.2. The average molecular weight is 493 g/mol. The molecule has 4 amide bonds. The Bertz CT molecular complexity index is 1230. The van der Waals surface area contributed by atoms with Crippen molar-refractivity contribution in [2.24, 2.45) is 0 Å². The standard InChI is InChI=1S/C22H25FN4O6S/c1-5-22(14-6-8-15(23)9-7-14)20(29)27(21(30)25-22)13-19(28)24-17-12-16(10-11-18(17)33-4)34(31,32)26(2)3/h6-12H,5,13H2,1-4H3,(H,24,28)(H,25,30)/t22-/m0/s1. The lowest BCUT2D eigenvalue weighted by Gasteiger charge is -2.25. The topological polar surface area (TPSA) is 125 Å². The highest BCUT2D eigenvalue weighted by Crippen LogP contribution is 2.33. The van der Waals surface area contributed by atoms with Gasteiger partial charge in [-0.05, 0) is 42.3 Å². The van der Waals surface area contributed by atoms with Crippen molar-refractivity contribution in [2.45, 2.75) is 23.8 Å². The van der Waals surface area contributed by atoms with Crippen LogP contribution < -0.4 is 15.4 Å². The van der Waals surface area contributed by atoms with E-state index < -0.39 is 45.8 Å². The van der Waals surface area contributed by atoms with Crippen LogP contribution >= 0.6 is 0 Å². The minimum Gasteiger partial charge on any atom is -0.495 e. The van der Waals surface area contributed by atoms with Crippen molar-refractivity contribution in [3.8, 4) is 5.75 Å². The van der Waals surface area contributed by atoms with Crippen LogP contribution in [0.25, 0.3) is 0 Å². The molecule has 0 bridgehead atoms. The van der Waals surface area contributed by atoms with Crippen LogP contribution in [-0.2, 0) is 25.2 Å². The molecule has 12 heteroatoms. The van der Waals surface area contributed by atoms with Crippen LogP contribution in [0.4, 0.5) is 14.9 Å². The number of sulfonamides is 1. The molecule has 1 heterocycles. The summed E-state index contributed by atoms with van der Waals surface area (Å²) in [5, 5.41) is 5.11. The number of nitrogens with zero attached hydrogens (tertiary/aromatic N) is 2. The molecule has 2 aromatic carbocycles. The van der Waals surface area contributed by atoms with Crippen LogP contribution in [0.2, 0.25) is 0 Å². The van der Waals surface area contributed by atoms with E-state index in [-0.39, 0.29) is 22.8 Å². The normalized spacial score (nSPS) is 18.2. The third-order valence-electron chi connectivity index (χ3n) is 5.57. The number of amides is 4. The Morgan fingerprint density at radius 3 is 2.38 bits per heavy atom. The van der Waals surface area contributed by atoms with Gasteiger partial charge in [0.1, 0.15) is 23.7 Å². The smallest absolute Gasteiger partial charge is 0.325 e. The number of carbonyl (C=O) groups excluding carboxylic acids is 3. The molecular weight excluding hydrogens is 467 g/mol. The number of hydrogen-bond acceptors (Lipinski definition) is 6. The zero-order valence-corrected chi connectivity index (χ0v) is 19.9. The molecule has 1 saturated heterocycles. The summed E-state index contributed by atoms with van der Waals surface area (Å²) < 4.78 is 44.4. The van der Waals surface area contributed by atoms with Gasteiger partial charge in [0, 0.05) is 14.1 Å². The number of carbonyl (C=O) groups is 3. The van der Waals surface area contributed by atoms with E-state index in [9.17, 15) is 27.2 Å². The van der Waals surface area contributed by atoms with E-state index >= 15 is 0 Å². The molecule has 0 aliphatic carbocycles. The Kier molecular flexibility index (Phi) is 6.94. The summed E-state index contributed by atoms with van der Waals surface area (Å²) in [6.07, 6.45) is 0.180. The van der Waals surface area contributed by atoms with E-state index in [4.69, 9.17) is 4.74 Å². The maximum absolute atomic E-state index is 13.4. The summed E-state index contributed by atoms with van der Waals surface area (Å²) in [7, 11) is 0.310. The first-order chi connectivity index (χ1) is 16.0. The largest absolute Gasteiger partial charge is 0.495 e. The molecule has 1 aliphatic rings. The zero-order chi connectivity index (χ0) is 25.3. The molecule has 0 unspecified atom stereocenters. The van der Waals surface area contributed by atoms with Gasteiger partial charge in [-0.25, -0.2) is 21.9 Å². The van der Waals surface area contributed by atoms with Gasteiger partial charge in [-0.15, -0.1) is 0 Å². The first-order valence-electron chi connectivity index (χ1n) is 10.3. The van der Waals surface area contributed by atoms with Crippen molar-refractivity contribution in [3.63, 3.8) is 0 Å². The second kappa shape index (κ2) is 9.39. The Morgan fingerprint density at radius 2 is 1.82 bits per heavy atom. The Balaban J connectivity index is 1.84. The number of methoxy groups -OCH3 is 1. The molecule has 1 aliphatic heterocycles. The zero-order valence-electron chi connectivity index (χ0n) is 19.1. The lowest BCUT2D eigenvalue weighted by molar-refractivity contribution is -0.134. The molecule has 0 spiro atoms. The molecular formula is C22H25FN4O6S. The van der Waals surface area contributed by atoms with Crippen molar-refractivity contribution >= 4 is 33.6 Å². The van der Waals surface area contributed by atoms with Crippen molar-refractivity contribution in [2.75, 3.05) is 33.1 Å². The fourth-order valence-corrected chi connectivity index (χ4v) is 4.56. The molecule has 0 radical (unpaired) electrons. The summed E-state index contributed by atoms with van der Waals surface area (Å²) in [5.41, 5.74) is -0.980. The van der Waals surface area contributed by atoms with Crippen LogP contribution in [0.15, 0.2) is 47.4 Å². The molecule has 3 rings (SSSR count). The summed E-state index contributed by atoms with van der Waals surface area (Å²) in [5.74, 6) is -1.70. The van der Waals surface area contributed by atoms with E-state index in [1.165, 1.54) is 63.7 Å². The highest BCUT2D eigenvalue weighted by Gasteiger charge is 2.51. The summed E-state index contributed by atoms with van der Waals surface area (Å²) >= 11 is 0. The summed E-state index contributed by atoms with van der Waals surface area (Å²) in [6.45, 7) is 1.06. The van der Waals surface area contributed by atoms with Gasteiger partial charge in [-0.1, -0.05) is 19.1 Å². The second-order valence-corrected chi connectivity index (χ2v) is 9.94. The minimum atomic E-state index is -3.78. The Hall–Kier alpha value is -3.51. The monoisotopic (exact) mass is 492 g/mol. The van der Waals surface area contributed by atoms with Crippen molar-refractivity contribution < 1.29 is 31.9 Å². The van der Waals surface area contributed by atoms with E-state index in [1.54, 1.807) is 6.92 Å². The highest BCUT2D eigenvalue weighted by atomic mass is 32.2. The lowest BCUT2D eigenvalue weighted by atomic mass is 9.87. The van der Waals surface area contributed by atoms with Crippen LogP contribution in [-0.4, -0.2) is 63.2 Å². The van der Waals surface area contributed by atoms with Gasteiger partial charge in [0.2, 0.25) is 15.9 Å². The third kappa shape index (κ3) is 4.46. The molecule has 10 nitrogen and oxygen atoms in total. The average Bonchev–Trinajstić information content (AvgIpc) is 3.04. The maximum atomic E-state index is 13.4. The predicted octanol–water partition coefficient (Wildman–Crippen LogP) is 1.88. The number of anilines is 1. The molecule has 2 N–H and O–H groups in total. The summed E-state index contributed by atoms with van der Waals surface area (Å²) in [6, 6.07) is 8.35. The maximum Gasteiger partial charge on any atom is 0.325 e. The Morgan fingerprint density at radius 1 is 1.18 bits per heavy atom. The van der Waals surface area contributed by atoms with Gasteiger partial charge < -0.3 is 15.4 Å². The second-order valence-electron chi connectivity index (χ2n) is 7.78. The van der Waals surface area contributed by atoms with E-state index in [0.29, 0.717) is 5.56 Å². The first kappa shape index (κ1) is 25.1. The highest BCUT2D eigenvalue weighted by molar-refractivity contribution is 7.89. The first-order valence-corrected chi connectivity index (χ1v) is 11.7. The molecule has 182 valence electrons. The molecule has 2 aromatic rings. The lowest BCUT2D eigenvalue weighted by Crippen LogP contribution is -2.44. The third-order valence-corrected chi connectivity index (χ3v) is 7.38. The molecule has 0 aromatic heterocycles. The molecule has 0 saturated carbocycles. The van der Waals surface area contributed by atoms with Gasteiger partial charge in [-0.3, -0.25) is 14.5 Å². The Labute approximate surface area is 196 Å². The fourth-order valence-electron chi connectivity index (χ4n) is 3.63. The van der Waals surface area contributed by atoms with E-state index in [0.717, 1.165) is 9.21 Å². The number of rotatable bonds is 8. The molecule has 1 fully saturated rings. The number of benzene rings is 2. The van der Waals surface area contributed by atoms with Gasteiger partial charge >= 0.3 is 6.03 Å². The minimum absolute atomic E-state index is 0.0581. The number of hydrogen-bond donors (Lipinski definition) is 2. The number of ether oxygens (including phenoxy) is 1. The molecule has 1 atom stereocenters. The number of nitrogens with one attached hydrogen (secondary N) is 2. The van der Waals surface area contributed by atoms with Crippen LogP contribution in [0, 0.1) is 5.82 Å². The van der Waals surface area contributed by atoms with Gasteiger partial charge in [0.05, 0.1) is 17.7 Å². The number of imide groups is 1. The SMILES string of the molecule is CC[C@@]1(c2ccc(F)cc2)NC(=O)N(CC(=O)Nc2cc(S(=O)(=O)N(C)C)ccc2OC)C1=O. The van der Waals surface area contributed by atoms with E-state index in [1.807, 2.05) is 0 Å². The molecule has 34 heavy (non-hydrogen) atoms. The van der Waals surface area contributed by atoms with Gasteiger partial charge in [0.25, 0.3) is 5.91 Å². The van der Waals surface area contributed by atoms with Crippen LogP contribution in [0.3, 0.4) is 0 Å². The van der Waals surface area contributed by atoms with Crippen molar-refractivity contribution in [1.29, 1.82) is 0 Å². The fraction of sp³-hybridized carbons (Fsp3) is 0.318. The number of halogens is 1. The van der Waals surface area contributed by atoms with Crippen molar-refractivity contribution in [3.05, 3.63) is 53.8 Å². The number of urea groups is 1. The van der Waals surface area contributed by atoms with Gasteiger partial charge in [-0.2, -0.15) is 0 Å².